The highest BCUT2D eigenvalue weighted by Gasteiger charge is 2.40. The second-order valence-corrected chi connectivity index (χ2v) is 9.88. The van der Waals surface area contributed by atoms with Gasteiger partial charge in [-0.1, -0.05) is 0 Å². The number of rotatable bonds is 6. The van der Waals surface area contributed by atoms with Gasteiger partial charge in [-0.15, -0.1) is 0 Å². The smallest absolute Gasteiger partial charge is 0.257 e. The molecule has 3 aromatic heterocycles. The quantitative estimate of drug-likeness (QED) is 0.395. The third kappa shape index (κ3) is 4.12. The molecule has 4 heterocycles. The number of halogens is 1. The van der Waals surface area contributed by atoms with Crippen LogP contribution < -0.4 is 15.5 Å². The van der Waals surface area contributed by atoms with Crippen molar-refractivity contribution in [2.45, 2.75) is 37.8 Å². The van der Waals surface area contributed by atoms with E-state index in [2.05, 4.69) is 25.6 Å². The maximum Gasteiger partial charge on any atom is 0.257 e. The first-order valence-corrected chi connectivity index (χ1v) is 11.9. The molecule has 1 atom stereocenters. The lowest BCUT2D eigenvalue weighted by molar-refractivity contribution is 0.102. The topological polar surface area (TPSA) is 99.7 Å². The standard InChI is InChI=1S/C25H28FN7O2/c1-15-10-33-12-17(9-20(26)23(33)28-15)29-24(34)18-3-4-21(19-13-31(2)30-22(18)19)32-8-5-16(11-32)27-14-25(35)6-7-25/h3-4,9-10,12-13,16,27,35H,5-8,11,14H2,1-2H3,(H,29,34)/t16-/m0/s1. The number of carbonyl (C=O) groups is 1. The summed E-state index contributed by atoms with van der Waals surface area (Å²) >= 11 is 0. The molecule has 10 heteroatoms. The largest absolute Gasteiger partial charge is 0.389 e. The lowest BCUT2D eigenvalue weighted by Gasteiger charge is -2.21. The normalized spacial score (nSPS) is 19.1. The third-order valence-corrected chi connectivity index (χ3v) is 6.97. The van der Waals surface area contributed by atoms with Crippen LogP contribution >= 0.6 is 0 Å². The average Bonchev–Trinajstić information content (AvgIpc) is 3.16. The van der Waals surface area contributed by atoms with E-state index in [1.807, 2.05) is 19.3 Å². The molecule has 2 aliphatic rings. The summed E-state index contributed by atoms with van der Waals surface area (Å²) in [4.78, 5) is 19.7. The molecule has 0 bridgehead atoms. The molecule has 1 aliphatic heterocycles. The van der Waals surface area contributed by atoms with Crippen molar-refractivity contribution in [3.8, 4) is 0 Å². The molecular formula is C25H28FN7O2. The number of anilines is 2. The van der Waals surface area contributed by atoms with Crippen LogP contribution in [0.2, 0.25) is 0 Å². The maximum atomic E-state index is 14.5. The number of benzene rings is 1. The Balaban J connectivity index is 1.25. The first kappa shape index (κ1) is 22.0. The van der Waals surface area contributed by atoms with E-state index >= 15 is 0 Å². The maximum absolute atomic E-state index is 14.5. The van der Waals surface area contributed by atoms with Gasteiger partial charge >= 0.3 is 0 Å². The fourth-order valence-electron chi connectivity index (χ4n) is 4.91. The Kier molecular flexibility index (Phi) is 5.05. The molecule has 35 heavy (non-hydrogen) atoms. The van der Waals surface area contributed by atoms with Gasteiger partial charge in [-0.2, -0.15) is 5.10 Å². The summed E-state index contributed by atoms with van der Waals surface area (Å²) in [5.41, 5.74) is 2.81. The zero-order valence-corrected chi connectivity index (χ0v) is 19.8. The number of nitrogens with one attached hydrogen (secondary N) is 2. The Morgan fingerprint density at radius 3 is 2.91 bits per heavy atom. The van der Waals surface area contributed by atoms with E-state index in [-0.39, 0.29) is 11.6 Å². The highest BCUT2D eigenvalue weighted by molar-refractivity contribution is 6.13. The summed E-state index contributed by atoms with van der Waals surface area (Å²) < 4.78 is 17.8. The molecule has 4 aromatic rings. The van der Waals surface area contributed by atoms with Crippen molar-refractivity contribution in [1.29, 1.82) is 0 Å². The second kappa shape index (κ2) is 8.03. The van der Waals surface area contributed by atoms with Crippen LogP contribution in [0.25, 0.3) is 16.6 Å². The monoisotopic (exact) mass is 477 g/mol. The Morgan fingerprint density at radius 1 is 1.29 bits per heavy atom. The molecule has 1 aromatic carbocycles. The van der Waals surface area contributed by atoms with Gasteiger partial charge in [0.1, 0.15) is 5.52 Å². The number of pyridine rings is 1. The van der Waals surface area contributed by atoms with Crippen molar-refractivity contribution < 1.29 is 14.3 Å². The molecule has 0 radical (unpaired) electrons. The molecule has 1 saturated carbocycles. The molecule has 1 amide bonds. The number of hydrogen-bond donors (Lipinski definition) is 3. The van der Waals surface area contributed by atoms with Crippen molar-refractivity contribution in [1.82, 2.24) is 24.5 Å². The molecule has 3 N–H and O–H groups in total. The van der Waals surface area contributed by atoms with Crippen LogP contribution in [0.3, 0.4) is 0 Å². The summed E-state index contributed by atoms with van der Waals surface area (Å²) in [5.74, 6) is -0.852. The van der Waals surface area contributed by atoms with Gasteiger partial charge < -0.3 is 25.0 Å². The summed E-state index contributed by atoms with van der Waals surface area (Å²) in [6, 6.07) is 5.33. The van der Waals surface area contributed by atoms with Crippen LogP contribution in [0.4, 0.5) is 15.8 Å². The van der Waals surface area contributed by atoms with Gasteiger partial charge in [0, 0.05) is 68.5 Å². The van der Waals surface area contributed by atoms with E-state index in [0.29, 0.717) is 35.0 Å². The Bertz CT molecular complexity index is 1460. The molecule has 182 valence electrons. The first-order chi connectivity index (χ1) is 16.8. The average molecular weight is 478 g/mol. The number of amides is 1. The highest BCUT2D eigenvalue weighted by Crippen LogP contribution is 2.35. The van der Waals surface area contributed by atoms with Crippen molar-refractivity contribution in [2.24, 2.45) is 7.05 Å². The van der Waals surface area contributed by atoms with Crippen LogP contribution in [-0.2, 0) is 7.05 Å². The Morgan fingerprint density at radius 2 is 2.11 bits per heavy atom. The highest BCUT2D eigenvalue weighted by atomic mass is 19.1. The van der Waals surface area contributed by atoms with E-state index in [4.69, 9.17) is 0 Å². The molecular weight excluding hydrogens is 449 g/mol. The van der Waals surface area contributed by atoms with Crippen molar-refractivity contribution in [2.75, 3.05) is 29.9 Å². The molecule has 2 fully saturated rings. The summed E-state index contributed by atoms with van der Waals surface area (Å²) in [7, 11) is 1.83. The SMILES string of the molecule is Cc1cn2cc(NC(=O)c3ccc(N4CC[C@H](NCC5(O)CC5)C4)c4cn(C)nc34)cc(F)c2n1. The molecule has 1 saturated heterocycles. The van der Waals surface area contributed by atoms with E-state index in [1.165, 1.54) is 6.07 Å². The van der Waals surface area contributed by atoms with Gasteiger partial charge in [0.25, 0.3) is 5.91 Å². The number of hydrogen-bond acceptors (Lipinski definition) is 6. The predicted octanol–water partition coefficient (Wildman–Crippen LogP) is 2.61. The lowest BCUT2D eigenvalue weighted by atomic mass is 10.1. The summed E-state index contributed by atoms with van der Waals surface area (Å²) in [5, 5.41) is 21.9. The molecule has 1 aliphatic carbocycles. The second-order valence-electron chi connectivity index (χ2n) is 9.88. The fourth-order valence-corrected chi connectivity index (χ4v) is 4.91. The van der Waals surface area contributed by atoms with Gasteiger partial charge in [0.2, 0.25) is 0 Å². The summed E-state index contributed by atoms with van der Waals surface area (Å²) in [6.07, 6.45) is 8.02. The minimum Gasteiger partial charge on any atom is -0.389 e. The van der Waals surface area contributed by atoms with Gasteiger partial charge in [0.15, 0.2) is 11.5 Å². The van der Waals surface area contributed by atoms with Gasteiger partial charge in [0.05, 0.1) is 22.5 Å². The Labute approximate surface area is 201 Å². The summed E-state index contributed by atoms with van der Waals surface area (Å²) in [6.45, 7) is 4.14. The zero-order valence-electron chi connectivity index (χ0n) is 19.8. The number of nitrogens with zero attached hydrogens (tertiary/aromatic N) is 5. The third-order valence-electron chi connectivity index (χ3n) is 6.97. The minimum absolute atomic E-state index is 0.224. The van der Waals surface area contributed by atoms with E-state index in [9.17, 15) is 14.3 Å². The van der Waals surface area contributed by atoms with Crippen molar-refractivity contribution >= 4 is 33.8 Å². The van der Waals surface area contributed by atoms with Crippen LogP contribution in [-0.4, -0.2) is 61.5 Å². The van der Waals surface area contributed by atoms with Gasteiger partial charge in [-0.05, 0) is 38.3 Å². The van der Waals surface area contributed by atoms with Gasteiger partial charge in [-0.3, -0.25) is 9.48 Å². The van der Waals surface area contributed by atoms with E-state index < -0.39 is 11.4 Å². The number of fused-ring (bicyclic) bond motifs is 2. The van der Waals surface area contributed by atoms with Crippen molar-refractivity contribution in [3.63, 3.8) is 0 Å². The minimum atomic E-state index is -0.511. The lowest BCUT2D eigenvalue weighted by Crippen LogP contribution is -2.38. The molecule has 0 unspecified atom stereocenters. The predicted molar refractivity (Wildman–Crippen MR) is 131 cm³/mol. The van der Waals surface area contributed by atoms with Crippen LogP contribution in [0.5, 0.6) is 0 Å². The molecule has 0 spiro atoms. The van der Waals surface area contributed by atoms with E-state index in [1.54, 1.807) is 34.5 Å². The number of aromatic nitrogens is 4. The number of aliphatic hydroxyl groups is 1. The molecule has 6 rings (SSSR count). The van der Waals surface area contributed by atoms with Crippen LogP contribution in [0, 0.1) is 12.7 Å². The van der Waals surface area contributed by atoms with E-state index in [0.717, 1.165) is 43.4 Å². The van der Waals surface area contributed by atoms with Gasteiger partial charge in [-0.25, -0.2) is 9.37 Å². The number of carbonyl (C=O) groups excluding carboxylic acids is 1. The fraction of sp³-hybridized carbons (Fsp3) is 0.400. The first-order valence-electron chi connectivity index (χ1n) is 11.9. The number of aryl methyl sites for hydroxylation is 2. The van der Waals surface area contributed by atoms with Crippen molar-refractivity contribution in [3.05, 3.63) is 53.9 Å². The molecule has 9 nitrogen and oxygen atoms in total. The Hall–Kier alpha value is -3.50. The number of imidazole rings is 1. The van der Waals surface area contributed by atoms with Crippen LogP contribution in [0.1, 0.15) is 35.3 Å². The zero-order chi connectivity index (χ0) is 24.3. The van der Waals surface area contributed by atoms with Crippen LogP contribution in [0.15, 0.2) is 36.8 Å².